The molecule has 6 heteroatoms. The minimum absolute atomic E-state index is 0.101. The monoisotopic (exact) mass is 275 g/mol. The number of nitrogens with zero attached hydrogens (tertiary/aromatic N) is 2. The molecule has 1 heterocycles. The number of likely N-dealkylation sites (N-methyl/N-ethyl adjacent to an activating group) is 1. The van der Waals surface area contributed by atoms with Gasteiger partial charge in [0.25, 0.3) is 0 Å². The number of rotatable bonds is 9. The fraction of sp³-hybridized carbons (Fsp3) is 0.818. The minimum atomic E-state index is -0.101. The molecule has 0 aliphatic carbocycles. The zero-order chi connectivity index (χ0) is 12.6. The normalized spacial score (nSPS) is 14.8. The smallest absolute Gasteiger partial charge is 0.169 e. The number of hydrogen-bond donors (Lipinski definition) is 2. The molecule has 1 unspecified atom stereocenters. The molecule has 1 atom stereocenters. The molecule has 4 nitrogen and oxygen atoms in total. The molecule has 0 bridgehead atoms. The Kier molecular flexibility index (Phi) is 7.03. The van der Waals surface area contributed by atoms with Crippen LogP contribution >= 0.6 is 23.3 Å². The molecule has 0 aliphatic heterocycles. The van der Waals surface area contributed by atoms with Crippen LogP contribution in [-0.2, 0) is 0 Å². The highest BCUT2D eigenvalue weighted by atomic mass is 32.2. The lowest BCUT2D eigenvalue weighted by atomic mass is 9.91. The van der Waals surface area contributed by atoms with E-state index in [1.807, 2.05) is 0 Å². The number of thioether (sulfide) groups is 1. The van der Waals surface area contributed by atoms with E-state index in [-0.39, 0.29) is 12.1 Å². The van der Waals surface area contributed by atoms with Crippen LogP contribution in [0.3, 0.4) is 0 Å². The summed E-state index contributed by atoms with van der Waals surface area (Å²) in [6.07, 6.45) is 4.63. The summed E-state index contributed by atoms with van der Waals surface area (Å²) in [6.45, 7) is 5.31. The summed E-state index contributed by atoms with van der Waals surface area (Å²) in [5.41, 5.74) is -0.101. The Morgan fingerprint density at radius 1 is 1.53 bits per heavy atom. The van der Waals surface area contributed by atoms with Gasteiger partial charge in [0, 0.05) is 11.3 Å². The van der Waals surface area contributed by atoms with Crippen molar-refractivity contribution in [3.8, 4) is 0 Å². The second-order valence-electron chi connectivity index (χ2n) is 3.98. The summed E-state index contributed by atoms with van der Waals surface area (Å²) in [4.78, 5) is 4.13. The van der Waals surface area contributed by atoms with Crippen LogP contribution in [0.4, 0.5) is 0 Å². The molecule has 17 heavy (non-hydrogen) atoms. The number of aromatic nitrogens is 2. The Bertz CT molecular complexity index is 289. The summed E-state index contributed by atoms with van der Waals surface area (Å²) in [5.74, 6) is 1.03. The molecule has 0 saturated heterocycles. The largest absolute Gasteiger partial charge is 0.394 e. The fourth-order valence-electron chi connectivity index (χ4n) is 1.81. The van der Waals surface area contributed by atoms with Crippen molar-refractivity contribution in [1.29, 1.82) is 0 Å². The molecule has 0 aliphatic rings. The van der Waals surface area contributed by atoms with Gasteiger partial charge in [-0.15, -0.1) is 0 Å². The van der Waals surface area contributed by atoms with Gasteiger partial charge in [-0.1, -0.05) is 25.6 Å². The first-order valence-corrected chi connectivity index (χ1v) is 7.77. The van der Waals surface area contributed by atoms with Crippen molar-refractivity contribution in [2.75, 3.05) is 18.9 Å². The number of aliphatic hydroxyl groups excluding tert-OH is 1. The van der Waals surface area contributed by atoms with Gasteiger partial charge in [0.2, 0.25) is 0 Å². The van der Waals surface area contributed by atoms with Crippen molar-refractivity contribution in [3.63, 3.8) is 0 Å². The SMILES string of the molecule is CCNC(CC)(CO)CCCSc1ncns1. The van der Waals surface area contributed by atoms with Crippen LogP contribution in [0.25, 0.3) is 0 Å². The zero-order valence-corrected chi connectivity index (χ0v) is 12.1. The maximum atomic E-state index is 9.50. The lowest BCUT2D eigenvalue weighted by Crippen LogP contribution is -2.48. The Hall–Kier alpha value is -0.170. The number of aliphatic hydroxyl groups is 1. The van der Waals surface area contributed by atoms with E-state index in [1.165, 1.54) is 11.5 Å². The Balaban J connectivity index is 2.27. The molecule has 0 fully saturated rings. The van der Waals surface area contributed by atoms with Crippen molar-refractivity contribution in [3.05, 3.63) is 6.33 Å². The van der Waals surface area contributed by atoms with Crippen LogP contribution in [0.5, 0.6) is 0 Å². The molecule has 1 aromatic rings. The van der Waals surface area contributed by atoms with Crippen LogP contribution in [0.15, 0.2) is 10.7 Å². The van der Waals surface area contributed by atoms with Crippen molar-refractivity contribution >= 4 is 23.3 Å². The summed E-state index contributed by atoms with van der Waals surface area (Å²) >= 11 is 3.18. The van der Waals surface area contributed by atoms with E-state index < -0.39 is 0 Å². The summed E-state index contributed by atoms with van der Waals surface area (Å²) in [5, 5.41) is 12.9. The average Bonchev–Trinajstić information content (AvgIpc) is 2.86. The van der Waals surface area contributed by atoms with Gasteiger partial charge in [0.15, 0.2) is 4.34 Å². The van der Waals surface area contributed by atoms with Crippen LogP contribution in [0, 0.1) is 0 Å². The second-order valence-corrected chi connectivity index (χ2v) is 6.10. The minimum Gasteiger partial charge on any atom is -0.394 e. The molecular weight excluding hydrogens is 254 g/mol. The quantitative estimate of drug-likeness (QED) is 0.534. The third-order valence-corrected chi connectivity index (χ3v) is 4.78. The second kappa shape index (κ2) is 8.02. The Labute approximate surface area is 111 Å². The standard InChI is InChI=1S/C11H21N3OS2/c1-3-11(8-15,13-4-2)6-5-7-16-10-12-9-14-17-10/h9,13,15H,3-8H2,1-2H3. The van der Waals surface area contributed by atoms with Crippen molar-refractivity contribution < 1.29 is 5.11 Å². The highest BCUT2D eigenvalue weighted by Crippen LogP contribution is 2.23. The summed E-state index contributed by atoms with van der Waals surface area (Å²) in [7, 11) is 0. The zero-order valence-electron chi connectivity index (χ0n) is 10.5. The highest BCUT2D eigenvalue weighted by molar-refractivity contribution is 8.00. The average molecular weight is 275 g/mol. The van der Waals surface area contributed by atoms with E-state index in [2.05, 4.69) is 28.5 Å². The van der Waals surface area contributed by atoms with Gasteiger partial charge in [-0.3, -0.25) is 0 Å². The molecule has 98 valence electrons. The van der Waals surface area contributed by atoms with Crippen LogP contribution in [0.2, 0.25) is 0 Å². The molecule has 0 saturated carbocycles. The van der Waals surface area contributed by atoms with Gasteiger partial charge in [-0.25, -0.2) is 4.98 Å². The van der Waals surface area contributed by atoms with Crippen molar-refractivity contribution in [1.82, 2.24) is 14.7 Å². The van der Waals surface area contributed by atoms with E-state index in [9.17, 15) is 5.11 Å². The van der Waals surface area contributed by atoms with Crippen molar-refractivity contribution in [2.24, 2.45) is 0 Å². The predicted octanol–water partition coefficient (Wildman–Crippen LogP) is 2.16. The van der Waals surface area contributed by atoms with Gasteiger partial charge in [0.05, 0.1) is 6.61 Å². The highest BCUT2D eigenvalue weighted by Gasteiger charge is 2.25. The first-order chi connectivity index (χ1) is 8.26. The van der Waals surface area contributed by atoms with E-state index in [0.717, 1.165) is 35.9 Å². The lowest BCUT2D eigenvalue weighted by molar-refractivity contribution is 0.148. The number of nitrogens with one attached hydrogen (secondary N) is 1. The first kappa shape index (κ1) is 14.9. The Morgan fingerprint density at radius 2 is 2.35 bits per heavy atom. The van der Waals surface area contributed by atoms with Gasteiger partial charge in [-0.2, -0.15) is 4.37 Å². The van der Waals surface area contributed by atoms with Crippen LogP contribution in [0.1, 0.15) is 33.1 Å². The topological polar surface area (TPSA) is 58.0 Å². The van der Waals surface area contributed by atoms with Gasteiger partial charge in [0.1, 0.15) is 6.33 Å². The van der Waals surface area contributed by atoms with Crippen LogP contribution < -0.4 is 5.32 Å². The molecule has 0 aromatic carbocycles. The third kappa shape index (κ3) is 4.91. The van der Waals surface area contributed by atoms with Gasteiger partial charge in [-0.05, 0) is 37.3 Å². The molecule has 0 spiro atoms. The van der Waals surface area contributed by atoms with E-state index >= 15 is 0 Å². The van der Waals surface area contributed by atoms with Crippen LogP contribution in [-0.4, -0.2) is 38.9 Å². The fourth-order valence-corrected chi connectivity index (χ4v) is 3.26. The van der Waals surface area contributed by atoms with E-state index in [4.69, 9.17) is 0 Å². The van der Waals surface area contributed by atoms with E-state index in [0.29, 0.717) is 0 Å². The molecule has 2 N–H and O–H groups in total. The maximum absolute atomic E-state index is 9.50. The van der Waals surface area contributed by atoms with Gasteiger partial charge >= 0.3 is 0 Å². The molecule has 0 radical (unpaired) electrons. The summed E-state index contributed by atoms with van der Waals surface area (Å²) in [6, 6.07) is 0. The summed E-state index contributed by atoms with van der Waals surface area (Å²) < 4.78 is 5.00. The van der Waals surface area contributed by atoms with Gasteiger partial charge < -0.3 is 10.4 Å². The maximum Gasteiger partial charge on any atom is 0.169 e. The van der Waals surface area contributed by atoms with Crippen molar-refractivity contribution in [2.45, 2.75) is 43.0 Å². The Morgan fingerprint density at radius 3 is 2.88 bits per heavy atom. The number of hydrogen-bond acceptors (Lipinski definition) is 6. The first-order valence-electron chi connectivity index (χ1n) is 6.01. The molecule has 1 aromatic heterocycles. The predicted molar refractivity (Wildman–Crippen MR) is 73.7 cm³/mol. The molecular formula is C11H21N3OS2. The third-order valence-electron chi connectivity index (χ3n) is 2.90. The molecule has 0 amide bonds. The molecule has 1 rings (SSSR count). The van der Waals surface area contributed by atoms with E-state index in [1.54, 1.807) is 18.1 Å². The lowest BCUT2D eigenvalue weighted by Gasteiger charge is -2.31.